The molecule has 0 aliphatic carbocycles. The Bertz CT molecular complexity index is 709. The third-order valence-corrected chi connectivity index (χ3v) is 4.88. The average Bonchev–Trinajstić information content (AvgIpc) is 2.65. The minimum atomic E-state index is 0.171. The van der Waals surface area contributed by atoms with Gasteiger partial charge in [0.05, 0.1) is 6.54 Å². The first-order valence-electron chi connectivity index (χ1n) is 8.83. The second-order valence-corrected chi connectivity index (χ2v) is 6.55. The summed E-state index contributed by atoms with van der Waals surface area (Å²) in [6.45, 7) is 8.69. The first-order valence-corrected chi connectivity index (χ1v) is 8.83. The van der Waals surface area contributed by atoms with Gasteiger partial charge in [0.1, 0.15) is 0 Å². The van der Waals surface area contributed by atoms with Gasteiger partial charge in [-0.25, -0.2) is 0 Å². The molecule has 0 saturated carbocycles. The maximum absolute atomic E-state index is 12.4. The molecule has 1 aromatic heterocycles. The predicted molar refractivity (Wildman–Crippen MR) is 101 cm³/mol. The van der Waals surface area contributed by atoms with Gasteiger partial charge < -0.3 is 15.1 Å². The molecular weight excluding hydrogens is 312 g/mol. The summed E-state index contributed by atoms with van der Waals surface area (Å²) < 4.78 is 0. The Balaban J connectivity index is 1.47. The van der Waals surface area contributed by atoms with Gasteiger partial charge in [-0.1, -0.05) is 18.2 Å². The van der Waals surface area contributed by atoms with Crippen molar-refractivity contribution in [3.63, 3.8) is 0 Å². The number of pyridine rings is 1. The summed E-state index contributed by atoms with van der Waals surface area (Å²) >= 11 is 0. The Morgan fingerprint density at radius 1 is 1.12 bits per heavy atom. The van der Waals surface area contributed by atoms with Crippen LogP contribution in [0.4, 0.5) is 5.69 Å². The lowest BCUT2D eigenvalue weighted by molar-refractivity contribution is -0.130. The lowest BCUT2D eigenvalue weighted by atomic mass is 10.1. The minimum Gasteiger partial charge on any atom is -0.368 e. The van der Waals surface area contributed by atoms with Crippen molar-refractivity contribution in [2.75, 3.05) is 37.6 Å². The van der Waals surface area contributed by atoms with E-state index in [1.807, 2.05) is 23.2 Å². The fourth-order valence-corrected chi connectivity index (χ4v) is 3.20. The molecule has 0 radical (unpaired) electrons. The van der Waals surface area contributed by atoms with Gasteiger partial charge in [0.15, 0.2) is 0 Å². The number of nitrogens with one attached hydrogen (secondary N) is 1. The summed E-state index contributed by atoms with van der Waals surface area (Å²) in [5.41, 5.74) is 5.04. The monoisotopic (exact) mass is 338 g/mol. The molecule has 3 rings (SSSR count). The van der Waals surface area contributed by atoms with Crippen molar-refractivity contribution >= 4 is 11.6 Å². The van der Waals surface area contributed by atoms with Crippen molar-refractivity contribution in [2.24, 2.45) is 0 Å². The van der Waals surface area contributed by atoms with Crippen molar-refractivity contribution in [3.05, 3.63) is 59.4 Å². The van der Waals surface area contributed by atoms with Crippen LogP contribution in [0.1, 0.15) is 16.7 Å². The van der Waals surface area contributed by atoms with E-state index in [0.717, 1.165) is 31.7 Å². The SMILES string of the molecule is Cc1cccc(N2CCN(C(=O)CNCc3cccnc3)CC2)c1C. The Labute approximate surface area is 149 Å². The second-order valence-electron chi connectivity index (χ2n) is 6.55. The third kappa shape index (κ3) is 4.37. The van der Waals surface area contributed by atoms with E-state index in [2.05, 4.69) is 47.2 Å². The first-order chi connectivity index (χ1) is 12.1. The quantitative estimate of drug-likeness (QED) is 0.907. The molecule has 1 aliphatic rings. The highest BCUT2D eigenvalue weighted by molar-refractivity contribution is 5.78. The molecule has 1 amide bonds. The fraction of sp³-hybridized carbons (Fsp3) is 0.400. The van der Waals surface area contributed by atoms with Gasteiger partial charge in [0.25, 0.3) is 0 Å². The van der Waals surface area contributed by atoms with E-state index >= 15 is 0 Å². The normalized spacial score (nSPS) is 14.6. The number of aryl methyl sites for hydroxylation is 1. The molecule has 0 spiro atoms. The largest absolute Gasteiger partial charge is 0.368 e. The summed E-state index contributed by atoms with van der Waals surface area (Å²) in [5, 5.41) is 3.21. The summed E-state index contributed by atoms with van der Waals surface area (Å²) in [5.74, 6) is 0.171. The average molecular weight is 338 g/mol. The summed E-state index contributed by atoms with van der Waals surface area (Å²) in [6, 6.07) is 10.3. The van der Waals surface area contributed by atoms with Crippen LogP contribution in [0.5, 0.6) is 0 Å². The highest BCUT2D eigenvalue weighted by Gasteiger charge is 2.21. The maximum atomic E-state index is 12.4. The van der Waals surface area contributed by atoms with Gasteiger partial charge in [-0.15, -0.1) is 0 Å². The van der Waals surface area contributed by atoms with E-state index in [9.17, 15) is 4.79 Å². The highest BCUT2D eigenvalue weighted by Crippen LogP contribution is 2.23. The van der Waals surface area contributed by atoms with Gasteiger partial charge in [-0.05, 0) is 42.7 Å². The molecular formula is C20H26N4O. The molecule has 2 aromatic rings. The molecule has 1 N–H and O–H groups in total. The van der Waals surface area contributed by atoms with E-state index in [1.165, 1.54) is 16.8 Å². The molecule has 5 nitrogen and oxygen atoms in total. The molecule has 0 unspecified atom stereocenters. The van der Waals surface area contributed by atoms with Crippen LogP contribution >= 0.6 is 0 Å². The molecule has 1 saturated heterocycles. The topological polar surface area (TPSA) is 48.5 Å². The minimum absolute atomic E-state index is 0.171. The van der Waals surface area contributed by atoms with Gasteiger partial charge >= 0.3 is 0 Å². The molecule has 1 fully saturated rings. The molecule has 5 heteroatoms. The zero-order valence-electron chi connectivity index (χ0n) is 15.0. The number of carbonyl (C=O) groups excluding carboxylic acids is 1. The third-order valence-electron chi connectivity index (χ3n) is 4.88. The molecule has 0 bridgehead atoms. The van der Waals surface area contributed by atoms with Crippen LogP contribution in [0.15, 0.2) is 42.7 Å². The molecule has 1 aliphatic heterocycles. The van der Waals surface area contributed by atoms with Crippen molar-refractivity contribution in [3.8, 4) is 0 Å². The van der Waals surface area contributed by atoms with Crippen LogP contribution in [0, 0.1) is 13.8 Å². The molecule has 1 aromatic carbocycles. The fourth-order valence-electron chi connectivity index (χ4n) is 3.20. The van der Waals surface area contributed by atoms with E-state index in [4.69, 9.17) is 0 Å². The van der Waals surface area contributed by atoms with Gasteiger partial charge in [0, 0.05) is 50.8 Å². The smallest absolute Gasteiger partial charge is 0.236 e. The summed E-state index contributed by atoms with van der Waals surface area (Å²) in [7, 11) is 0. The number of piperazine rings is 1. The Morgan fingerprint density at radius 2 is 1.92 bits per heavy atom. The van der Waals surface area contributed by atoms with Crippen LogP contribution < -0.4 is 10.2 Å². The number of nitrogens with zero attached hydrogens (tertiary/aromatic N) is 3. The number of benzene rings is 1. The number of hydrogen-bond donors (Lipinski definition) is 1. The number of hydrogen-bond acceptors (Lipinski definition) is 4. The zero-order chi connectivity index (χ0) is 17.6. The Kier molecular flexibility index (Phi) is 5.66. The van der Waals surface area contributed by atoms with Crippen LogP contribution in [0.2, 0.25) is 0 Å². The Morgan fingerprint density at radius 3 is 2.64 bits per heavy atom. The number of rotatable bonds is 5. The van der Waals surface area contributed by atoms with Crippen LogP contribution in [0.25, 0.3) is 0 Å². The first kappa shape index (κ1) is 17.4. The van der Waals surface area contributed by atoms with E-state index < -0.39 is 0 Å². The molecule has 0 atom stereocenters. The number of carbonyl (C=O) groups is 1. The van der Waals surface area contributed by atoms with E-state index in [1.54, 1.807) is 6.20 Å². The van der Waals surface area contributed by atoms with Gasteiger partial charge in [0.2, 0.25) is 5.91 Å². The summed E-state index contributed by atoms with van der Waals surface area (Å²) in [6.07, 6.45) is 3.57. The number of amides is 1. The van der Waals surface area contributed by atoms with Crippen LogP contribution in [-0.4, -0.2) is 48.5 Å². The second kappa shape index (κ2) is 8.12. The van der Waals surface area contributed by atoms with Crippen LogP contribution in [0.3, 0.4) is 0 Å². The molecule has 132 valence electrons. The molecule has 2 heterocycles. The van der Waals surface area contributed by atoms with Gasteiger partial charge in [-0.3, -0.25) is 9.78 Å². The Hall–Kier alpha value is -2.40. The van der Waals surface area contributed by atoms with Crippen LogP contribution in [-0.2, 0) is 11.3 Å². The van der Waals surface area contributed by atoms with E-state index in [0.29, 0.717) is 13.1 Å². The van der Waals surface area contributed by atoms with E-state index in [-0.39, 0.29) is 5.91 Å². The highest BCUT2D eigenvalue weighted by atomic mass is 16.2. The summed E-state index contributed by atoms with van der Waals surface area (Å²) in [4.78, 5) is 20.8. The lowest BCUT2D eigenvalue weighted by Crippen LogP contribution is -2.51. The number of aromatic nitrogens is 1. The maximum Gasteiger partial charge on any atom is 0.236 e. The predicted octanol–water partition coefficient (Wildman–Crippen LogP) is 2.14. The number of anilines is 1. The van der Waals surface area contributed by atoms with Crippen molar-refractivity contribution < 1.29 is 4.79 Å². The van der Waals surface area contributed by atoms with Gasteiger partial charge in [-0.2, -0.15) is 0 Å². The van der Waals surface area contributed by atoms with Crippen molar-refractivity contribution in [2.45, 2.75) is 20.4 Å². The lowest BCUT2D eigenvalue weighted by Gasteiger charge is -2.37. The van der Waals surface area contributed by atoms with Crippen molar-refractivity contribution in [1.82, 2.24) is 15.2 Å². The van der Waals surface area contributed by atoms with Crippen molar-refractivity contribution in [1.29, 1.82) is 0 Å². The standard InChI is InChI=1S/C20H26N4O/c1-16-5-3-7-19(17(16)2)23-9-11-24(12-10-23)20(25)15-22-14-18-6-4-8-21-13-18/h3-8,13,22H,9-12,14-15H2,1-2H3. The zero-order valence-corrected chi connectivity index (χ0v) is 15.0. The molecule has 25 heavy (non-hydrogen) atoms.